The highest BCUT2D eigenvalue weighted by Crippen LogP contribution is 2.43. The molecule has 3 rings (SSSR count). The molecule has 0 spiro atoms. The molecule has 66 valence electrons. The predicted molar refractivity (Wildman–Crippen MR) is 54.1 cm³/mol. The lowest BCUT2D eigenvalue weighted by atomic mass is 9.74. The summed E-state index contributed by atoms with van der Waals surface area (Å²) in [6.45, 7) is 0. The fourth-order valence-corrected chi connectivity index (χ4v) is 2.73. The normalized spacial score (nSPS) is 31.4. The van der Waals surface area contributed by atoms with Crippen molar-refractivity contribution in [2.45, 2.75) is 32.1 Å². The Labute approximate surface area is 80.0 Å². The summed E-state index contributed by atoms with van der Waals surface area (Å²) in [5.74, 6) is 0.629. The molecule has 0 amide bonds. The Hall–Kier alpha value is -0.780. The van der Waals surface area contributed by atoms with E-state index in [0.717, 1.165) is 6.42 Å². The molecule has 13 heavy (non-hydrogen) atoms. The number of hydrogen-bond acceptors (Lipinski definition) is 0. The first kappa shape index (κ1) is 7.61. The summed E-state index contributed by atoms with van der Waals surface area (Å²) in [5, 5.41) is 0. The van der Waals surface area contributed by atoms with Crippen LogP contribution in [0.25, 0.3) is 0 Å². The van der Waals surface area contributed by atoms with Crippen LogP contribution in [0.4, 0.5) is 0 Å². The van der Waals surface area contributed by atoms with Crippen molar-refractivity contribution in [1.82, 2.24) is 0 Å². The van der Waals surface area contributed by atoms with Crippen molar-refractivity contribution in [3.05, 3.63) is 41.4 Å². The molecule has 0 aliphatic heterocycles. The van der Waals surface area contributed by atoms with E-state index in [9.17, 15) is 0 Å². The fourth-order valence-electron chi connectivity index (χ4n) is 2.73. The van der Waals surface area contributed by atoms with E-state index in [1.165, 1.54) is 31.3 Å². The lowest BCUT2D eigenvalue weighted by molar-refractivity contribution is 0.603. The van der Waals surface area contributed by atoms with Crippen LogP contribution >= 0.6 is 0 Å². The van der Waals surface area contributed by atoms with Crippen molar-refractivity contribution in [1.29, 1.82) is 0 Å². The third-order valence-electron chi connectivity index (χ3n) is 3.42. The Bertz CT molecular complexity index is 315. The van der Waals surface area contributed by atoms with Crippen LogP contribution in [0.5, 0.6) is 0 Å². The third-order valence-corrected chi connectivity index (χ3v) is 3.42. The predicted octanol–water partition coefficient (Wildman–Crippen LogP) is 3.45. The monoisotopic (exact) mass is 170 g/mol. The summed E-state index contributed by atoms with van der Waals surface area (Å²) in [6.07, 6.45) is 16.9. The van der Waals surface area contributed by atoms with E-state index in [2.05, 4.69) is 24.6 Å². The van der Waals surface area contributed by atoms with Crippen molar-refractivity contribution < 1.29 is 0 Å². The van der Waals surface area contributed by atoms with Crippen LogP contribution in [0.3, 0.4) is 0 Å². The molecular formula is C13H14. The maximum atomic E-state index is 3.52. The van der Waals surface area contributed by atoms with Gasteiger partial charge in [0.25, 0.3) is 0 Å². The van der Waals surface area contributed by atoms with Crippen molar-refractivity contribution in [2.24, 2.45) is 5.92 Å². The van der Waals surface area contributed by atoms with Gasteiger partial charge in [-0.05, 0) is 32.1 Å². The Balaban J connectivity index is 2.01. The highest BCUT2D eigenvalue weighted by molar-refractivity contribution is 5.46. The van der Waals surface area contributed by atoms with Gasteiger partial charge >= 0.3 is 0 Å². The number of fused-ring (bicyclic) bond motifs is 2. The summed E-state index contributed by atoms with van der Waals surface area (Å²) in [6, 6.07) is 0. The molecule has 0 saturated heterocycles. The molecule has 3 aliphatic carbocycles. The SMILES string of the molecule is [C]1CC2=C(CCCC2)C2C=CC=C12. The van der Waals surface area contributed by atoms with Gasteiger partial charge in [0.15, 0.2) is 0 Å². The topological polar surface area (TPSA) is 0 Å². The Morgan fingerprint density at radius 1 is 1.23 bits per heavy atom. The van der Waals surface area contributed by atoms with E-state index in [0.29, 0.717) is 5.92 Å². The quantitative estimate of drug-likeness (QED) is 0.488. The molecular weight excluding hydrogens is 156 g/mol. The van der Waals surface area contributed by atoms with Crippen LogP contribution in [0, 0.1) is 12.3 Å². The maximum Gasteiger partial charge on any atom is 0.0202 e. The molecule has 3 aliphatic rings. The summed E-state index contributed by atoms with van der Waals surface area (Å²) >= 11 is 0. The molecule has 0 aromatic carbocycles. The van der Waals surface area contributed by atoms with E-state index in [4.69, 9.17) is 0 Å². The minimum atomic E-state index is 0.629. The summed E-state index contributed by atoms with van der Waals surface area (Å²) in [7, 11) is 0. The molecule has 0 heteroatoms. The molecule has 0 aromatic heterocycles. The first-order chi connectivity index (χ1) is 6.45. The van der Waals surface area contributed by atoms with Crippen molar-refractivity contribution in [2.75, 3.05) is 0 Å². The number of hydrogen-bond donors (Lipinski definition) is 0. The van der Waals surface area contributed by atoms with Crippen molar-refractivity contribution in [3.63, 3.8) is 0 Å². The van der Waals surface area contributed by atoms with Gasteiger partial charge in [-0.25, -0.2) is 0 Å². The zero-order valence-corrected chi connectivity index (χ0v) is 7.84. The number of rotatable bonds is 0. The van der Waals surface area contributed by atoms with Gasteiger partial charge in [0.05, 0.1) is 0 Å². The van der Waals surface area contributed by atoms with Gasteiger partial charge in [-0.1, -0.05) is 34.9 Å². The minimum absolute atomic E-state index is 0.629. The van der Waals surface area contributed by atoms with E-state index < -0.39 is 0 Å². The van der Waals surface area contributed by atoms with E-state index >= 15 is 0 Å². The minimum Gasteiger partial charge on any atom is -0.0733 e. The zero-order chi connectivity index (χ0) is 8.67. The van der Waals surface area contributed by atoms with Crippen LogP contribution in [0.15, 0.2) is 34.9 Å². The molecule has 0 aromatic rings. The smallest absolute Gasteiger partial charge is 0.0202 e. The van der Waals surface area contributed by atoms with Crippen LogP contribution < -0.4 is 0 Å². The number of allylic oxidation sites excluding steroid dienone is 6. The fraction of sp³-hybridized carbons (Fsp3) is 0.462. The van der Waals surface area contributed by atoms with Crippen molar-refractivity contribution >= 4 is 0 Å². The largest absolute Gasteiger partial charge is 0.0733 e. The first-order valence-corrected chi connectivity index (χ1v) is 5.28. The average Bonchev–Trinajstić information content (AvgIpc) is 2.65. The summed E-state index contributed by atoms with van der Waals surface area (Å²) < 4.78 is 0. The van der Waals surface area contributed by atoms with Gasteiger partial charge in [-0.15, -0.1) is 0 Å². The second kappa shape index (κ2) is 2.87. The van der Waals surface area contributed by atoms with Gasteiger partial charge in [-0.2, -0.15) is 0 Å². The highest BCUT2D eigenvalue weighted by atomic mass is 14.3. The van der Waals surface area contributed by atoms with E-state index in [-0.39, 0.29) is 0 Å². The van der Waals surface area contributed by atoms with Crippen LogP contribution in [-0.4, -0.2) is 0 Å². The van der Waals surface area contributed by atoms with E-state index in [1.54, 1.807) is 11.1 Å². The highest BCUT2D eigenvalue weighted by Gasteiger charge is 2.28. The van der Waals surface area contributed by atoms with Gasteiger partial charge < -0.3 is 0 Å². The lowest BCUT2D eigenvalue weighted by Crippen LogP contribution is -2.15. The summed E-state index contributed by atoms with van der Waals surface area (Å²) in [5.41, 5.74) is 4.85. The van der Waals surface area contributed by atoms with Crippen molar-refractivity contribution in [3.8, 4) is 0 Å². The molecule has 0 fully saturated rings. The molecule has 0 bridgehead atoms. The standard InChI is InChI=1S/C13H14/c1-2-6-12-10(4-1)8-9-11-5-3-7-13(11)12/h3,5,7,13H,1-2,4,6,8H2. The molecule has 0 saturated carbocycles. The molecule has 0 heterocycles. The van der Waals surface area contributed by atoms with Crippen LogP contribution in [0.1, 0.15) is 32.1 Å². The second-order valence-electron chi connectivity index (χ2n) is 4.17. The zero-order valence-electron chi connectivity index (χ0n) is 7.84. The molecule has 2 radical (unpaired) electrons. The molecule has 1 atom stereocenters. The Morgan fingerprint density at radius 2 is 2.15 bits per heavy atom. The van der Waals surface area contributed by atoms with Gasteiger partial charge in [0, 0.05) is 12.3 Å². The van der Waals surface area contributed by atoms with Gasteiger partial charge in [0.1, 0.15) is 0 Å². The van der Waals surface area contributed by atoms with Crippen LogP contribution in [-0.2, 0) is 0 Å². The molecule has 0 nitrogen and oxygen atoms in total. The maximum absolute atomic E-state index is 3.52. The van der Waals surface area contributed by atoms with Crippen LogP contribution in [0.2, 0.25) is 0 Å². The molecule has 1 unspecified atom stereocenters. The lowest BCUT2D eigenvalue weighted by Gasteiger charge is -2.30. The second-order valence-corrected chi connectivity index (χ2v) is 4.17. The first-order valence-electron chi connectivity index (χ1n) is 5.28. The molecule has 0 N–H and O–H groups in total. The van der Waals surface area contributed by atoms with Gasteiger partial charge in [0.2, 0.25) is 0 Å². The Morgan fingerprint density at radius 3 is 3.15 bits per heavy atom. The summed E-state index contributed by atoms with van der Waals surface area (Å²) in [4.78, 5) is 0. The van der Waals surface area contributed by atoms with E-state index in [1.807, 2.05) is 0 Å². The average molecular weight is 170 g/mol. The van der Waals surface area contributed by atoms with Gasteiger partial charge in [-0.3, -0.25) is 0 Å². The third kappa shape index (κ3) is 1.12. The Kier molecular flexibility index (Phi) is 1.68.